The van der Waals surface area contributed by atoms with Gasteiger partial charge in [-0.2, -0.15) is 0 Å². The lowest BCUT2D eigenvalue weighted by Gasteiger charge is -2.11. The number of halogens is 1. The van der Waals surface area contributed by atoms with Gasteiger partial charge in [0.2, 0.25) is 0 Å². The molecule has 29 heavy (non-hydrogen) atoms. The van der Waals surface area contributed by atoms with Crippen molar-refractivity contribution in [2.75, 3.05) is 7.11 Å². The van der Waals surface area contributed by atoms with Crippen LogP contribution >= 0.6 is 27.3 Å². The summed E-state index contributed by atoms with van der Waals surface area (Å²) in [6, 6.07) is 16.1. The fraction of sp³-hybridized carbons (Fsp3) is 0.182. The predicted octanol–water partition coefficient (Wildman–Crippen LogP) is 5.51. The first-order valence-electron chi connectivity index (χ1n) is 9.32. The van der Waals surface area contributed by atoms with Crippen LogP contribution < -0.4 is 9.54 Å². The number of hydrogen-bond acceptors (Lipinski definition) is 4. The van der Waals surface area contributed by atoms with Crippen molar-refractivity contribution >= 4 is 33.0 Å². The molecule has 0 saturated carbocycles. The Bertz CT molecular complexity index is 1150. The molecule has 0 bridgehead atoms. The van der Waals surface area contributed by atoms with Crippen LogP contribution in [0.3, 0.4) is 0 Å². The van der Waals surface area contributed by atoms with Gasteiger partial charge in [0.15, 0.2) is 4.80 Å². The molecule has 2 aromatic heterocycles. The molecule has 0 fully saturated rings. The number of hydrogen-bond donors (Lipinski definition) is 0. The van der Waals surface area contributed by atoms with Crippen molar-refractivity contribution in [3.8, 4) is 17.0 Å². The van der Waals surface area contributed by atoms with E-state index in [-0.39, 0.29) is 0 Å². The van der Waals surface area contributed by atoms with E-state index < -0.39 is 0 Å². The lowest BCUT2D eigenvalue weighted by molar-refractivity contribution is 0.415. The predicted molar refractivity (Wildman–Crippen MR) is 121 cm³/mol. The Morgan fingerprint density at radius 2 is 2.03 bits per heavy atom. The molecule has 0 radical (unpaired) electrons. The van der Waals surface area contributed by atoms with E-state index in [4.69, 9.17) is 9.73 Å². The van der Waals surface area contributed by atoms with Crippen molar-refractivity contribution in [2.24, 2.45) is 4.99 Å². The molecular weight excluding hydrogens is 448 g/mol. The lowest BCUT2D eigenvalue weighted by Crippen LogP contribution is -2.17. The van der Waals surface area contributed by atoms with Crippen LogP contribution in [-0.2, 0) is 13.1 Å². The molecule has 0 unspecified atom stereocenters. The molecule has 2 aromatic carbocycles. The van der Waals surface area contributed by atoms with E-state index in [1.807, 2.05) is 49.1 Å². The molecule has 7 heteroatoms. The monoisotopic (exact) mass is 468 g/mol. The normalized spacial score (nSPS) is 11.7. The molecule has 0 spiro atoms. The fourth-order valence-electron chi connectivity index (χ4n) is 3.14. The van der Waals surface area contributed by atoms with Gasteiger partial charge < -0.3 is 13.9 Å². The van der Waals surface area contributed by atoms with Crippen molar-refractivity contribution in [2.45, 2.75) is 19.5 Å². The molecule has 0 saturated heterocycles. The van der Waals surface area contributed by atoms with Crippen LogP contribution in [0.5, 0.6) is 5.75 Å². The molecular formula is C22H21BrN4OS. The van der Waals surface area contributed by atoms with Crippen LogP contribution in [0.2, 0.25) is 0 Å². The van der Waals surface area contributed by atoms with E-state index in [9.17, 15) is 0 Å². The number of benzene rings is 2. The second kappa shape index (κ2) is 9.24. The maximum atomic E-state index is 5.34. The van der Waals surface area contributed by atoms with Crippen LogP contribution in [0.1, 0.15) is 6.42 Å². The summed E-state index contributed by atoms with van der Waals surface area (Å²) in [5.74, 6) is 0.806. The van der Waals surface area contributed by atoms with Crippen LogP contribution in [0.25, 0.3) is 11.3 Å². The summed E-state index contributed by atoms with van der Waals surface area (Å²) in [6.07, 6.45) is 6.65. The summed E-state index contributed by atoms with van der Waals surface area (Å²) < 4.78 is 10.8. The minimum Gasteiger partial charge on any atom is -0.497 e. The summed E-state index contributed by atoms with van der Waals surface area (Å²) >= 11 is 5.35. The highest BCUT2D eigenvalue weighted by molar-refractivity contribution is 9.10. The zero-order valence-electron chi connectivity index (χ0n) is 16.0. The van der Waals surface area contributed by atoms with Gasteiger partial charge in [-0.05, 0) is 24.6 Å². The fourth-order valence-corrected chi connectivity index (χ4v) is 4.57. The first-order chi connectivity index (χ1) is 14.2. The SMILES string of the molecule is COc1cccc(N=c2scc(-c3ccccc3Br)n2CCCn2ccnc2)c1. The number of methoxy groups -OCH3 is 1. The molecule has 4 aromatic rings. The average molecular weight is 469 g/mol. The van der Waals surface area contributed by atoms with E-state index in [0.717, 1.165) is 45.9 Å². The molecule has 5 nitrogen and oxygen atoms in total. The van der Waals surface area contributed by atoms with Crippen molar-refractivity contribution < 1.29 is 4.74 Å². The summed E-state index contributed by atoms with van der Waals surface area (Å²) in [5, 5.41) is 2.18. The topological polar surface area (TPSA) is 44.3 Å². The van der Waals surface area contributed by atoms with Crippen molar-refractivity contribution in [1.29, 1.82) is 0 Å². The Morgan fingerprint density at radius 1 is 1.14 bits per heavy atom. The molecule has 0 aliphatic rings. The second-order valence-corrected chi connectivity index (χ2v) is 8.19. The molecule has 0 atom stereocenters. The summed E-state index contributed by atoms with van der Waals surface area (Å²) in [4.78, 5) is 10.0. The third kappa shape index (κ3) is 4.68. The van der Waals surface area contributed by atoms with Gasteiger partial charge in [0, 0.05) is 47.0 Å². The Morgan fingerprint density at radius 3 is 2.83 bits per heavy atom. The van der Waals surface area contributed by atoms with Gasteiger partial charge in [-0.1, -0.05) is 40.2 Å². The Labute approximate surface area is 182 Å². The highest BCUT2D eigenvalue weighted by atomic mass is 79.9. The van der Waals surface area contributed by atoms with Gasteiger partial charge in [0.1, 0.15) is 5.75 Å². The lowest BCUT2D eigenvalue weighted by atomic mass is 10.2. The van der Waals surface area contributed by atoms with E-state index >= 15 is 0 Å². The Hall–Kier alpha value is -2.64. The maximum absolute atomic E-state index is 5.34. The van der Waals surface area contributed by atoms with Crippen molar-refractivity contribution in [3.05, 3.63) is 81.9 Å². The smallest absolute Gasteiger partial charge is 0.190 e. The Kier molecular flexibility index (Phi) is 6.27. The largest absolute Gasteiger partial charge is 0.497 e. The second-order valence-electron chi connectivity index (χ2n) is 6.50. The molecule has 2 heterocycles. The van der Waals surface area contributed by atoms with Crippen molar-refractivity contribution in [1.82, 2.24) is 14.1 Å². The number of rotatable bonds is 7. The maximum Gasteiger partial charge on any atom is 0.190 e. The summed E-state index contributed by atoms with van der Waals surface area (Å²) in [6.45, 7) is 1.78. The molecule has 0 amide bonds. The van der Waals surface area contributed by atoms with E-state index in [1.165, 1.54) is 5.56 Å². The van der Waals surface area contributed by atoms with Crippen LogP contribution in [-0.4, -0.2) is 21.2 Å². The van der Waals surface area contributed by atoms with Crippen LogP contribution in [0.15, 0.2) is 82.1 Å². The number of ether oxygens (including phenoxy) is 1. The summed E-state index contributed by atoms with van der Waals surface area (Å²) in [5.41, 5.74) is 3.21. The Balaban J connectivity index is 1.72. The zero-order valence-corrected chi connectivity index (χ0v) is 18.4. The third-order valence-corrected chi connectivity index (χ3v) is 6.14. The van der Waals surface area contributed by atoms with Gasteiger partial charge >= 0.3 is 0 Å². The molecule has 148 valence electrons. The van der Waals surface area contributed by atoms with Crippen LogP contribution in [0, 0.1) is 0 Å². The van der Waals surface area contributed by atoms with E-state index in [0.29, 0.717) is 0 Å². The summed E-state index contributed by atoms with van der Waals surface area (Å²) in [7, 11) is 1.67. The minimum atomic E-state index is 0.806. The first kappa shape index (κ1) is 19.7. The van der Waals surface area contributed by atoms with Gasteiger partial charge in [0.25, 0.3) is 0 Å². The number of thiazole rings is 1. The zero-order chi connectivity index (χ0) is 20.1. The first-order valence-corrected chi connectivity index (χ1v) is 11.0. The number of aromatic nitrogens is 3. The van der Waals surface area contributed by atoms with Gasteiger partial charge in [0.05, 0.1) is 24.8 Å². The highest BCUT2D eigenvalue weighted by Gasteiger charge is 2.11. The molecule has 0 aliphatic heterocycles. The van der Waals surface area contributed by atoms with Gasteiger partial charge in [-0.3, -0.25) is 0 Å². The van der Waals surface area contributed by atoms with Crippen molar-refractivity contribution in [3.63, 3.8) is 0 Å². The third-order valence-electron chi connectivity index (χ3n) is 4.58. The highest BCUT2D eigenvalue weighted by Crippen LogP contribution is 2.29. The molecule has 0 N–H and O–H groups in total. The number of imidazole rings is 1. The molecule has 4 rings (SSSR count). The van der Waals surface area contributed by atoms with E-state index in [2.05, 4.69) is 53.6 Å². The molecule has 0 aliphatic carbocycles. The van der Waals surface area contributed by atoms with Gasteiger partial charge in [-0.15, -0.1) is 11.3 Å². The number of aryl methyl sites for hydroxylation is 1. The average Bonchev–Trinajstić information content (AvgIpc) is 3.39. The van der Waals surface area contributed by atoms with Gasteiger partial charge in [-0.25, -0.2) is 9.98 Å². The quantitative estimate of drug-likeness (QED) is 0.359. The number of nitrogens with zero attached hydrogens (tertiary/aromatic N) is 4. The van der Waals surface area contributed by atoms with E-state index in [1.54, 1.807) is 18.4 Å². The van der Waals surface area contributed by atoms with Crippen LogP contribution in [0.4, 0.5) is 5.69 Å². The standard InChI is InChI=1S/C22H21BrN4OS/c1-28-18-7-4-6-17(14-18)25-22-27(12-5-11-26-13-10-24-16-26)21(15-29-22)19-8-2-3-9-20(19)23/h2-4,6-10,13-16H,5,11-12H2,1H3. The minimum absolute atomic E-state index is 0.806.